The molecule has 0 amide bonds. The van der Waals surface area contributed by atoms with Gasteiger partial charge in [0, 0.05) is 39.8 Å². The number of aliphatic hydroxyl groups excluding tert-OH is 1. The average Bonchev–Trinajstić information content (AvgIpc) is 2.65. The number of allylic oxidation sites excluding steroid dienone is 2. The van der Waals surface area contributed by atoms with Gasteiger partial charge < -0.3 is 25.2 Å². The third-order valence-electron chi connectivity index (χ3n) is 3.26. The van der Waals surface area contributed by atoms with Gasteiger partial charge in [0.25, 0.3) is 0 Å². The summed E-state index contributed by atoms with van der Waals surface area (Å²) >= 11 is 5.30. The molecule has 0 fully saturated rings. The number of anilines is 2. The number of thiocarbonyl (C=S) groups is 1. The maximum atomic E-state index is 10.0. The Bertz CT molecular complexity index is 751. The van der Waals surface area contributed by atoms with Crippen LogP contribution in [0.3, 0.4) is 0 Å². The van der Waals surface area contributed by atoms with Crippen LogP contribution in [0.15, 0.2) is 60.4 Å². The Morgan fingerprint density at radius 1 is 0.900 bits per heavy atom. The second kappa shape index (κ2) is 15.5. The molecule has 0 spiro atoms. The molecule has 2 rings (SSSR count). The van der Waals surface area contributed by atoms with Crippen LogP contribution in [0.1, 0.15) is 27.7 Å². The molecule has 0 aliphatic rings. The Kier molecular flexibility index (Phi) is 14.3. The molecular weight excluding hydrogens is 569 g/mol. The maximum absolute atomic E-state index is 10.0. The minimum absolute atomic E-state index is 0. The Labute approximate surface area is 199 Å². The number of carbonyl (C=O) groups is 1. The molecule has 161 valence electrons. The van der Waals surface area contributed by atoms with Crippen LogP contribution in [0, 0.1) is 0 Å². The van der Waals surface area contributed by atoms with Crippen molar-refractivity contribution in [3.8, 4) is 11.5 Å². The second-order valence-corrected chi connectivity index (χ2v) is 6.30. The largest absolute Gasteiger partial charge is 0.512 e. The first-order valence-electron chi connectivity index (χ1n) is 9.25. The molecule has 0 aliphatic heterocycles. The summed E-state index contributed by atoms with van der Waals surface area (Å²) in [6.07, 6.45) is 1.17. The Balaban J connectivity index is 0.000000909. The Hall–Kier alpha value is -2.32. The fourth-order valence-corrected chi connectivity index (χ4v) is 2.43. The van der Waals surface area contributed by atoms with Crippen molar-refractivity contribution in [3.05, 3.63) is 60.4 Å². The Morgan fingerprint density at radius 3 is 1.50 bits per heavy atom. The predicted octanol–water partition coefficient (Wildman–Crippen LogP) is 5.33. The molecule has 0 aliphatic carbocycles. The number of aliphatic hydroxyl groups is 1. The van der Waals surface area contributed by atoms with Gasteiger partial charge in [0.2, 0.25) is 0 Å². The van der Waals surface area contributed by atoms with E-state index in [2.05, 4.69) is 10.6 Å². The molecule has 3 N–H and O–H groups in total. The first kappa shape index (κ1) is 27.7. The van der Waals surface area contributed by atoms with E-state index in [9.17, 15) is 4.79 Å². The van der Waals surface area contributed by atoms with E-state index in [0.717, 1.165) is 22.9 Å². The summed E-state index contributed by atoms with van der Waals surface area (Å²) in [7, 11) is 0. The number of hydrogen-bond donors (Lipinski definition) is 3. The Morgan fingerprint density at radius 2 is 1.27 bits per heavy atom. The van der Waals surface area contributed by atoms with Gasteiger partial charge in [-0.15, -0.1) is 0 Å². The zero-order chi connectivity index (χ0) is 21.6. The first-order valence-corrected chi connectivity index (χ1v) is 9.66. The molecule has 1 radical (unpaired) electrons. The zero-order valence-corrected chi connectivity index (χ0v) is 21.7. The topological polar surface area (TPSA) is 79.8 Å². The molecule has 0 saturated carbocycles. The van der Waals surface area contributed by atoms with Gasteiger partial charge >= 0.3 is 0 Å². The van der Waals surface area contributed by atoms with Crippen molar-refractivity contribution < 1.29 is 41.8 Å². The summed E-state index contributed by atoms with van der Waals surface area (Å²) in [6.45, 7) is 8.08. The first-order chi connectivity index (χ1) is 13.8. The van der Waals surface area contributed by atoms with E-state index in [-0.39, 0.29) is 33.9 Å². The van der Waals surface area contributed by atoms with E-state index >= 15 is 0 Å². The van der Waals surface area contributed by atoms with E-state index < -0.39 is 0 Å². The van der Waals surface area contributed by atoms with E-state index in [0.29, 0.717) is 18.3 Å². The normalized spacial score (nSPS) is 9.93. The fraction of sp³-hybridized carbons (Fsp3) is 0.273. The van der Waals surface area contributed by atoms with Crippen LogP contribution in [-0.4, -0.2) is 29.2 Å². The van der Waals surface area contributed by atoms with Crippen molar-refractivity contribution >= 4 is 34.5 Å². The second-order valence-electron chi connectivity index (χ2n) is 5.89. The van der Waals surface area contributed by atoms with Crippen molar-refractivity contribution in [2.45, 2.75) is 27.7 Å². The van der Waals surface area contributed by atoms with Crippen molar-refractivity contribution in [2.75, 3.05) is 23.8 Å². The summed E-state index contributed by atoms with van der Waals surface area (Å²) in [5.41, 5.74) is 1.82. The average molecular weight is 597 g/mol. The fourth-order valence-electron chi connectivity index (χ4n) is 2.19. The van der Waals surface area contributed by atoms with E-state index in [1.165, 1.54) is 19.9 Å². The standard InChI is InChI=1S/C17H20N2O2S.C5H8O2.Ta/c1-3-20-15-9-5-13(6-10-15)18-17(22)19-14-7-11-16(12-8-14)21-4-2;1-4(6)3-5(2)7;/h5-12H,3-4H2,1-2H3,(H2,18,19,22);3,6H,1-2H3;/b;4-3-;. The number of ether oxygens (including phenoxy) is 2. The quantitative estimate of drug-likeness (QED) is 0.226. The van der Waals surface area contributed by atoms with Crippen molar-refractivity contribution in [3.63, 3.8) is 0 Å². The summed E-state index contributed by atoms with van der Waals surface area (Å²) in [5.74, 6) is 1.63. The summed E-state index contributed by atoms with van der Waals surface area (Å²) in [4.78, 5) is 10.0. The van der Waals surface area contributed by atoms with Crippen LogP contribution < -0.4 is 20.1 Å². The number of carbonyl (C=O) groups excluding carboxylic acids is 1. The number of hydrogen-bond acceptors (Lipinski definition) is 5. The molecule has 6 nitrogen and oxygen atoms in total. The van der Waals surface area contributed by atoms with Crippen molar-refractivity contribution in [2.24, 2.45) is 0 Å². The van der Waals surface area contributed by atoms with Crippen LogP contribution in [0.2, 0.25) is 0 Å². The summed E-state index contributed by atoms with van der Waals surface area (Å²) in [6, 6.07) is 15.3. The maximum Gasteiger partial charge on any atom is 0.175 e. The minimum atomic E-state index is -0.125. The number of benzene rings is 2. The third-order valence-corrected chi connectivity index (χ3v) is 3.46. The zero-order valence-electron chi connectivity index (χ0n) is 17.6. The smallest absolute Gasteiger partial charge is 0.175 e. The molecule has 2 aromatic carbocycles. The van der Waals surface area contributed by atoms with E-state index in [1.54, 1.807) is 0 Å². The van der Waals surface area contributed by atoms with Crippen LogP contribution in [0.25, 0.3) is 0 Å². The van der Waals surface area contributed by atoms with E-state index in [4.69, 9.17) is 26.8 Å². The van der Waals surface area contributed by atoms with Gasteiger partial charge in [-0.05, 0) is 88.4 Å². The monoisotopic (exact) mass is 597 g/mol. The van der Waals surface area contributed by atoms with Gasteiger partial charge in [0.1, 0.15) is 11.5 Å². The van der Waals surface area contributed by atoms with Crippen LogP contribution in [0.4, 0.5) is 11.4 Å². The van der Waals surface area contributed by atoms with Gasteiger partial charge in [-0.25, -0.2) is 0 Å². The van der Waals surface area contributed by atoms with Crippen LogP contribution >= 0.6 is 12.2 Å². The third kappa shape index (κ3) is 12.3. The molecule has 0 unspecified atom stereocenters. The van der Waals surface area contributed by atoms with Crippen molar-refractivity contribution in [1.29, 1.82) is 0 Å². The van der Waals surface area contributed by atoms with Gasteiger partial charge in [0.05, 0.1) is 19.0 Å². The number of rotatable bonds is 7. The molecule has 2 aromatic rings. The molecular formula is C22H28N2O4STa. The number of nitrogens with one attached hydrogen (secondary N) is 2. The predicted molar refractivity (Wildman–Crippen MR) is 122 cm³/mol. The molecule has 0 heterocycles. The van der Waals surface area contributed by atoms with Crippen molar-refractivity contribution in [1.82, 2.24) is 0 Å². The van der Waals surface area contributed by atoms with Gasteiger partial charge in [0.15, 0.2) is 10.9 Å². The molecule has 0 bridgehead atoms. The molecule has 0 aromatic heterocycles. The van der Waals surface area contributed by atoms with Crippen LogP contribution in [-0.2, 0) is 27.2 Å². The summed E-state index contributed by atoms with van der Waals surface area (Å²) < 4.78 is 10.8. The molecule has 8 heteroatoms. The molecule has 30 heavy (non-hydrogen) atoms. The minimum Gasteiger partial charge on any atom is -0.512 e. The molecule has 0 saturated heterocycles. The van der Waals surface area contributed by atoms with Gasteiger partial charge in [-0.2, -0.15) is 0 Å². The van der Waals surface area contributed by atoms with Gasteiger partial charge in [-0.1, -0.05) is 0 Å². The molecule has 0 atom stereocenters. The number of ketones is 1. The van der Waals surface area contributed by atoms with Crippen LogP contribution in [0.5, 0.6) is 11.5 Å². The summed E-state index contributed by atoms with van der Waals surface area (Å²) in [5, 5.41) is 15.2. The van der Waals surface area contributed by atoms with E-state index in [1.807, 2.05) is 62.4 Å². The van der Waals surface area contributed by atoms with Gasteiger partial charge in [-0.3, -0.25) is 4.79 Å². The SMILES string of the molecule is CC(=O)/C=C(/C)O.CCOc1ccc(NC(=S)Nc2ccc(OCC)cc2)cc1.[Ta].